The fourth-order valence-corrected chi connectivity index (χ4v) is 6.46. The summed E-state index contributed by atoms with van der Waals surface area (Å²) in [6.07, 6.45) is 5.66. The molecule has 9 rings (SSSR count). The first-order valence-electron chi connectivity index (χ1n) is 12.0. The number of benzene rings is 3. The molecule has 4 heteroatoms. The van der Waals surface area contributed by atoms with Crippen LogP contribution in [0.5, 0.6) is 0 Å². The van der Waals surface area contributed by atoms with Crippen molar-refractivity contribution < 1.29 is 0 Å². The van der Waals surface area contributed by atoms with E-state index in [9.17, 15) is 0 Å². The molecule has 0 saturated carbocycles. The third kappa shape index (κ3) is 2.15. The van der Waals surface area contributed by atoms with Gasteiger partial charge in [0, 0.05) is 23.2 Å². The van der Waals surface area contributed by atoms with Crippen molar-refractivity contribution >= 4 is 38.6 Å². The zero-order valence-electron chi connectivity index (χ0n) is 18.8. The number of fused-ring (bicyclic) bond motifs is 15. The van der Waals surface area contributed by atoms with E-state index < -0.39 is 0 Å². The fraction of sp³-hybridized carbons (Fsp3) is 0.0645. The highest BCUT2D eigenvalue weighted by Gasteiger charge is 2.29. The Morgan fingerprint density at radius 1 is 0.571 bits per heavy atom. The standard InChI is InChI=1S/C31H18N4/c1-2-6-20-17(5-1)13-18-9-10-21-23-16-24-22-7-3-11-32-29(22)35-30(34-27-8-4-12-33-31(27)35)26(24)15-19(23)14-25(21)28(18)20/h1-12,15-16H,13-14H2. The van der Waals surface area contributed by atoms with Gasteiger partial charge in [-0.1, -0.05) is 36.4 Å². The quantitative estimate of drug-likeness (QED) is 0.243. The summed E-state index contributed by atoms with van der Waals surface area (Å²) >= 11 is 0. The first kappa shape index (κ1) is 17.8. The van der Waals surface area contributed by atoms with Crippen LogP contribution in [0.25, 0.3) is 60.9 Å². The minimum atomic E-state index is 0.853. The summed E-state index contributed by atoms with van der Waals surface area (Å²) in [5.41, 5.74) is 14.8. The normalized spacial score (nSPS) is 13.5. The van der Waals surface area contributed by atoms with Gasteiger partial charge in [-0.2, -0.15) is 0 Å². The lowest BCUT2D eigenvalue weighted by Gasteiger charge is -2.10. The lowest BCUT2D eigenvalue weighted by Crippen LogP contribution is -1.95. The Balaban J connectivity index is 1.40. The van der Waals surface area contributed by atoms with Gasteiger partial charge in [0.1, 0.15) is 16.8 Å². The van der Waals surface area contributed by atoms with Crippen molar-refractivity contribution in [1.82, 2.24) is 19.4 Å². The summed E-state index contributed by atoms with van der Waals surface area (Å²) in [6.45, 7) is 0. The van der Waals surface area contributed by atoms with Crippen LogP contribution in [0.2, 0.25) is 0 Å². The topological polar surface area (TPSA) is 43.1 Å². The van der Waals surface area contributed by atoms with Gasteiger partial charge in [0.05, 0.1) is 0 Å². The molecule has 2 aliphatic carbocycles. The molecule has 0 N–H and O–H groups in total. The monoisotopic (exact) mass is 446 g/mol. The molecule has 2 aliphatic rings. The van der Waals surface area contributed by atoms with Crippen molar-refractivity contribution in [3.8, 4) is 22.3 Å². The van der Waals surface area contributed by atoms with Crippen LogP contribution >= 0.6 is 0 Å². The highest BCUT2D eigenvalue weighted by atomic mass is 15.1. The van der Waals surface area contributed by atoms with Crippen molar-refractivity contribution in [2.45, 2.75) is 12.8 Å². The molecule has 4 heterocycles. The van der Waals surface area contributed by atoms with Crippen molar-refractivity contribution in [2.75, 3.05) is 0 Å². The van der Waals surface area contributed by atoms with Crippen LogP contribution in [0.15, 0.2) is 85.2 Å². The summed E-state index contributed by atoms with van der Waals surface area (Å²) < 4.78 is 2.12. The Bertz CT molecular complexity index is 2070. The van der Waals surface area contributed by atoms with Crippen molar-refractivity contribution in [2.24, 2.45) is 0 Å². The van der Waals surface area contributed by atoms with Crippen LogP contribution in [-0.2, 0) is 12.8 Å². The van der Waals surface area contributed by atoms with Gasteiger partial charge >= 0.3 is 0 Å². The molecular weight excluding hydrogens is 428 g/mol. The van der Waals surface area contributed by atoms with Crippen LogP contribution in [0.1, 0.15) is 22.3 Å². The van der Waals surface area contributed by atoms with Crippen LogP contribution in [0.4, 0.5) is 0 Å². The molecular formula is C31H18N4. The lowest BCUT2D eigenvalue weighted by molar-refractivity contribution is 1.19. The molecule has 0 bridgehead atoms. The summed E-state index contributed by atoms with van der Waals surface area (Å²) in [4.78, 5) is 14.4. The largest absolute Gasteiger partial charge is 0.260 e. The second-order valence-corrected chi connectivity index (χ2v) is 9.68. The number of hydrogen-bond acceptors (Lipinski definition) is 3. The van der Waals surface area contributed by atoms with E-state index >= 15 is 0 Å². The van der Waals surface area contributed by atoms with E-state index in [1.54, 1.807) is 0 Å². The first-order valence-corrected chi connectivity index (χ1v) is 12.0. The van der Waals surface area contributed by atoms with Gasteiger partial charge in [-0.3, -0.25) is 4.40 Å². The molecule has 35 heavy (non-hydrogen) atoms. The van der Waals surface area contributed by atoms with Gasteiger partial charge in [-0.25, -0.2) is 15.0 Å². The molecule has 4 aromatic heterocycles. The van der Waals surface area contributed by atoms with Crippen molar-refractivity contribution in [3.63, 3.8) is 0 Å². The highest BCUT2D eigenvalue weighted by Crippen LogP contribution is 2.49. The average Bonchev–Trinajstić information content (AvgIpc) is 3.58. The van der Waals surface area contributed by atoms with Gasteiger partial charge < -0.3 is 0 Å². The summed E-state index contributed by atoms with van der Waals surface area (Å²) in [6, 6.07) is 26.4. The van der Waals surface area contributed by atoms with E-state index in [1.165, 1.54) is 49.9 Å². The second-order valence-electron chi connectivity index (χ2n) is 9.68. The number of aromatic nitrogens is 4. The minimum absolute atomic E-state index is 0.853. The molecule has 0 fully saturated rings. The molecule has 0 aliphatic heterocycles. The number of hydrogen-bond donors (Lipinski definition) is 0. The predicted molar refractivity (Wildman–Crippen MR) is 140 cm³/mol. The summed E-state index contributed by atoms with van der Waals surface area (Å²) in [5.74, 6) is 0. The maximum atomic E-state index is 5.02. The third-order valence-electron chi connectivity index (χ3n) is 7.91. The van der Waals surface area contributed by atoms with Crippen LogP contribution in [0.3, 0.4) is 0 Å². The zero-order chi connectivity index (χ0) is 22.7. The summed E-state index contributed by atoms with van der Waals surface area (Å²) in [7, 11) is 0. The Morgan fingerprint density at radius 3 is 2.43 bits per heavy atom. The lowest BCUT2D eigenvalue weighted by atomic mass is 9.95. The molecule has 0 spiro atoms. The Hall–Kier alpha value is -4.57. The molecule has 4 nitrogen and oxygen atoms in total. The summed E-state index contributed by atoms with van der Waals surface area (Å²) in [5, 5.41) is 3.48. The number of nitrogens with zero attached hydrogens (tertiary/aromatic N) is 4. The van der Waals surface area contributed by atoms with Crippen LogP contribution in [0, 0.1) is 0 Å². The molecule has 3 aromatic carbocycles. The molecule has 7 aromatic rings. The van der Waals surface area contributed by atoms with Gasteiger partial charge in [-0.15, -0.1) is 0 Å². The van der Waals surface area contributed by atoms with E-state index in [0.717, 1.165) is 46.1 Å². The maximum Gasteiger partial charge on any atom is 0.166 e. The van der Waals surface area contributed by atoms with Crippen molar-refractivity contribution in [3.05, 3.63) is 107 Å². The van der Waals surface area contributed by atoms with Gasteiger partial charge in [0.2, 0.25) is 0 Å². The third-order valence-corrected chi connectivity index (χ3v) is 7.91. The number of rotatable bonds is 0. The highest BCUT2D eigenvalue weighted by molar-refractivity contribution is 6.14. The average molecular weight is 447 g/mol. The van der Waals surface area contributed by atoms with Gasteiger partial charge in [0.15, 0.2) is 5.65 Å². The molecule has 0 atom stereocenters. The number of imidazole rings is 1. The zero-order valence-corrected chi connectivity index (χ0v) is 18.8. The minimum Gasteiger partial charge on any atom is -0.260 e. The molecule has 0 amide bonds. The van der Waals surface area contributed by atoms with E-state index in [-0.39, 0.29) is 0 Å². The van der Waals surface area contributed by atoms with Gasteiger partial charge in [-0.05, 0) is 99.1 Å². The Labute approximate surface area is 200 Å². The first-order chi connectivity index (χ1) is 17.3. The number of pyridine rings is 3. The van der Waals surface area contributed by atoms with Crippen molar-refractivity contribution in [1.29, 1.82) is 0 Å². The van der Waals surface area contributed by atoms with E-state index in [2.05, 4.69) is 64.0 Å². The maximum absolute atomic E-state index is 5.02. The Kier molecular flexibility index (Phi) is 3.11. The Morgan fingerprint density at radius 2 is 1.46 bits per heavy atom. The van der Waals surface area contributed by atoms with Crippen LogP contribution < -0.4 is 0 Å². The molecule has 0 radical (unpaired) electrons. The van der Waals surface area contributed by atoms with Crippen LogP contribution in [-0.4, -0.2) is 19.4 Å². The van der Waals surface area contributed by atoms with E-state index in [4.69, 9.17) is 9.97 Å². The van der Waals surface area contributed by atoms with E-state index in [0.29, 0.717) is 0 Å². The molecule has 0 saturated heterocycles. The SMILES string of the molecule is c1ccc2c(c1)Cc1ccc3c(c1-2)Cc1cc2c(cc1-3)c1cccnc1n1c3ncccc3nc21. The molecule has 0 unspecified atom stereocenters. The fourth-order valence-electron chi connectivity index (χ4n) is 6.46. The predicted octanol–water partition coefficient (Wildman–Crippen LogP) is 6.73. The second kappa shape index (κ2) is 6.10. The smallest absolute Gasteiger partial charge is 0.166 e. The molecule has 162 valence electrons. The van der Waals surface area contributed by atoms with Gasteiger partial charge in [0.25, 0.3) is 0 Å². The van der Waals surface area contributed by atoms with E-state index in [1.807, 2.05) is 30.6 Å².